The van der Waals surface area contributed by atoms with Crippen molar-refractivity contribution in [2.24, 2.45) is 5.92 Å². The zero-order chi connectivity index (χ0) is 8.23. The van der Waals surface area contributed by atoms with Crippen LogP contribution in [0.15, 0.2) is 6.33 Å². The van der Waals surface area contributed by atoms with Gasteiger partial charge in [-0.1, -0.05) is 0 Å². The molecule has 0 bridgehead atoms. The molecule has 82 valence electrons. The van der Waals surface area contributed by atoms with Crippen LogP contribution in [0.5, 0.6) is 0 Å². The molecule has 1 saturated heterocycles. The molecule has 0 aromatic carbocycles. The quantitative estimate of drug-likeness (QED) is 0.865. The molecule has 0 radical (unpaired) electrons. The van der Waals surface area contributed by atoms with Crippen LogP contribution in [-0.2, 0) is 6.42 Å². The second-order valence-electron chi connectivity index (χ2n) is 3.33. The van der Waals surface area contributed by atoms with E-state index in [2.05, 4.69) is 20.5 Å². The molecule has 1 aliphatic heterocycles. The number of H-pyrrole nitrogens is 1. The highest BCUT2D eigenvalue weighted by molar-refractivity contribution is 8.93. The van der Waals surface area contributed by atoms with Crippen molar-refractivity contribution < 1.29 is 0 Å². The Balaban J connectivity index is 0.000000845. The third-order valence-electron chi connectivity index (χ3n) is 2.41. The number of aromatic amines is 1. The maximum absolute atomic E-state index is 4.12. The van der Waals surface area contributed by atoms with Gasteiger partial charge >= 0.3 is 0 Å². The summed E-state index contributed by atoms with van der Waals surface area (Å²) in [5.41, 5.74) is 0. The van der Waals surface area contributed by atoms with E-state index in [1.807, 2.05) is 0 Å². The molecule has 6 heteroatoms. The number of aromatic nitrogens is 3. The lowest BCUT2D eigenvalue weighted by Gasteiger charge is -2.21. The molecule has 0 spiro atoms. The summed E-state index contributed by atoms with van der Waals surface area (Å²) in [7, 11) is 0. The minimum atomic E-state index is 0. The van der Waals surface area contributed by atoms with Gasteiger partial charge in [0, 0.05) is 6.42 Å². The minimum Gasteiger partial charge on any atom is -0.317 e. The summed E-state index contributed by atoms with van der Waals surface area (Å²) >= 11 is 0. The number of rotatable bonds is 2. The summed E-state index contributed by atoms with van der Waals surface area (Å²) in [5.74, 6) is 1.82. The molecule has 14 heavy (non-hydrogen) atoms. The topological polar surface area (TPSA) is 53.6 Å². The average Bonchev–Trinajstić information content (AvgIpc) is 2.59. The molecule has 0 aliphatic carbocycles. The largest absolute Gasteiger partial charge is 0.317 e. The lowest BCUT2D eigenvalue weighted by molar-refractivity contribution is 0.367. The van der Waals surface area contributed by atoms with Crippen LogP contribution >= 0.6 is 34.0 Å². The Morgan fingerprint density at radius 2 is 2.00 bits per heavy atom. The van der Waals surface area contributed by atoms with E-state index in [0.717, 1.165) is 31.3 Å². The van der Waals surface area contributed by atoms with Crippen LogP contribution in [0, 0.1) is 5.92 Å². The predicted molar refractivity (Wildman–Crippen MR) is 66.3 cm³/mol. The Kier molecular flexibility index (Phi) is 7.40. The summed E-state index contributed by atoms with van der Waals surface area (Å²) in [6.45, 7) is 2.30. The number of hydrogen-bond donors (Lipinski definition) is 2. The van der Waals surface area contributed by atoms with Gasteiger partial charge in [-0.2, -0.15) is 5.10 Å². The molecule has 4 nitrogen and oxygen atoms in total. The SMILES string of the molecule is Br.Br.c1n[nH]c(CC2CCNCC2)n1. The van der Waals surface area contributed by atoms with E-state index < -0.39 is 0 Å². The lowest BCUT2D eigenvalue weighted by atomic mass is 9.94. The third kappa shape index (κ3) is 4.06. The zero-order valence-electron chi connectivity index (χ0n) is 7.90. The third-order valence-corrected chi connectivity index (χ3v) is 2.41. The van der Waals surface area contributed by atoms with Crippen molar-refractivity contribution in [3.63, 3.8) is 0 Å². The first-order valence-corrected chi connectivity index (χ1v) is 4.50. The Hall–Kier alpha value is 0.0600. The first-order chi connectivity index (χ1) is 5.95. The number of piperidine rings is 1. The Morgan fingerprint density at radius 3 is 2.57 bits per heavy atom. The summed E-state index contributed by atoms with van der Waals surface area (Å²) in [6, 6.07) is 0. The van der Waals surface area contributed by atoms with E-state index in [4.69, 9.17) is 0 Å². The molecule has 1 aromatic heterocycles. The van der Waals surface area contributed by atoms with E-state index >= 15 is 0 Å². The summed E-state index contributed by atoms with van der Waals surface area (Å²) in [5, 5.41) is 10.1. The van der Waals surface area contributed by atoms with Gasteiger partial charge in [0.15, 0.2) is 0 Å². The highest BCUT2D eigenvalue weighted by atomic mass is 79.9. The average molecular weight is 328 g/mol. The molecule has 2 rings (SSSR count). The van der Waals surface area contributed by atoms with Gasteiger partial charge in [-0.05, 0) is 31.8 Å². The van der Waals surface area contributed by atoms with Gasteiger partial charge in [-0.15, -0.1) is 34.0 Å². The highest BCUT2D eigenvalue weighted by Gasteiger charge is 2.14. The predicted octanol–water partition coefficient (Wildman–Crippen LogP) is 1.50. The molecule has 1 aliphatic rings. The fourth-order valence-electron chi connectivity index (χ4n) is 1.69. The fraction of sp³-hybridized carbons (Fsp3) is 0.750. The smallest absolute Gasteiger partial charge is 0.137 e. The van der Waals surface area contributed by atoms with E-state index in [1.54, 1.807) is 6.33 Å². The van der Waals surface area contributed by atoms with Crippen LogP contribution in [0.3, 0.4) is 0 Å². The van der Waals surface area contributed by atoms with Gasteiger partial charge in [-0.25, -0.2) is 4.98 Å². The van der Waals surface area contributed by atoms with Crippen LogP contribution < -0.4 is 5.32 Å². The molecule has 0 amide bonds. The molecule has 0 saturated carbocycles. The van der Waals surface area contributed by atoms with Crippen molar-refractivity contribution in [2.45, 2.75) is 19.3 Å². The molecule has 2 heterocycles. The standard InChI is InChI=1S/C8H14N4.2BrH/c1-3-9-4-2-7(1)5-8-10-6-11-12-8;;/h6-7,9H,1-5H2,(H,10,11,12);2*1H. The first-order valence-electron chi connectivity index (χ1n) is 4.50. The van der Waals surface area contributed by atoms with E-state index in [0.29, 0.717) is 0 Å². The molecule has 1 fully saturated rings. The second-order valence-corrected chi connectivity index (χ2v) is 3.33. The number of nitrogens with one attached hydrogen (secondary N) is 2. The summed E-state index contributed by atoms with van der Waals surface area (Å²) in [6.07, 6.45) is 5.17. The van der Waals surface area contributed by atoms with E-state index in [-0.39, 0.29) is 34.0 Å². The van der Waals surface area contributed by atoms with Gasteiger partial charge in [0.25, 0.3) is 0 Å². The molecular weight excluding hydrogens is 312 g/mol. The Labute approximate surface area is 105 Å². The van der Waals surface area contributed by atoms with Crippen LogP contribution in [-0.4, -0.2) is 28.3 Å². The Bertz CT molecular complexity index is 221. The summed E-state index contributed by atoms with van der Waals surface area (Å²) in [4.78, 5) is 4.12. The van der Waals surface area contributed by atoms with Crippen molar-refractivity contribution in [2.75, 3.05) is 13.1 Å². The van der Waals surface area contributed by atoms with Gasteiger partial charge in [0.2, 0.25) is 0 Å². The molecule has 2 N–H and O–H groups in total. The van der Waals surface area contributed by atoms with Gasteiger partial charge in [0.05, 0.1) is 0 Å². The van der Waals surface area contributed by atoms with Gasteiger partial charge in [0.1, 0.15) is 12.2 Å². The Morgan fingerprint density at radius 1 is 1.29 bits per heavy atom. The summed E-state index contributed by atoms with van der Waals surface area (Å²) < 4.78 is 0. The van der Waals surface area contributed by atoms with Crippen molar-refractivity contribution in [3.05, 3.63) is 12.2 Å². The molecular formula is C8H16Br2N4. The highest BCUT2D eigenvalue weighted by Crippen LogP contribution is 2.14. The van der Waals surface area contributed by atoms with Crippen LogP contribution in [0.1, 0.15) is 18.7 Å². The van der Waals surface area contributed by atoms with E-state index in [1.165, 1.54) is 12.8 Å². The van der Waals surface area contributed by atoms with Crippen LogP contribution in [0.25, 0.3) is 0 Å². The second kappa shape index (κ2) is 7.36. The van der Waals surface area contributed by atoms with Crippen LogP contribution in [0.4, 0.5) is 0 Å². The number of nitrogens with zero attached hydrogens (tertiary/aromatic N) is 2. The maximum atomic E-state index is 4.12. The maximum Gasteiger partial charge on any atom is 0.137 e. The molecule has 1 aromatic rings. The minimum absolute atomic E-state index is 0. The monoisotopic (exact) mass is 326 g/mol. The van der Waals surface area contributed by atoms with Crippen molar-refractivity contribution in [3.8, 4) is 0 Å². The molecule has 0 unspecified atom stereocenters. The van der Waals surface area contributed by atoms with E-state index in [9.17, 15) is 0 Å². The lowest BCUT2D eigenvalue weighted by Crippen LogP contribution is -2.28. The zero-order valence-corrected chi connectivity index (χ0v) is 11.3. The first kappa shape index (κ1) is 14.1. The van der Waals surface area contributed by atoms with Crippen molar-refractivity contribution in [1.82, 2.24) is 20.5 Å². The van der Waals surface area contributed by atoms with Gasteiger partial charge < -0.3 is 5.32 Å². The van der Waals surface area contributed by atoms with Gasteiger partial charge in [-0.3, -0.25) is 5.10 Å². The van der Waals surface area contributed by atoms with Crippen molar-refractivity contribution >= 4 is 34.0 Å². The fourth-order valence-corrected chi connectivity index (χ4v) is 1.69. The number of halogens is 2. The molecule has 0 atom stereocenters. The van der Waals surface area contributed by atoms with Crippen LogP contribution in [0.2, 0.25) is 0 Å². The number of hydrogen-bond acceptors (Lipinski definition) is 3. The normalized spacial score (nSPS) is 16.9. The van der Waals surface area contributed by atoms with Crippen molar-refractivity contribution in [1.29, 1.82) is 0 Å².